The Hall–Kier alpha value is -3.11. The van der Waals surface area contributed by atoms with Gasteiger partial charge in [-0.2, -0.15) is 5.26 Å². The van der Waals surface area contributed by atoms with E-state index in [1.54, 1.807) is 6.07 Å². The predicted octanol–water partition coefficient (Wildman–Crippen LogP) is 4.02. The first kappa shape index (κ1) is 25.5. The van der Waals surface area contributed by atoms with Gasteiger partial charge in [-0.05, 0) is 103 Å². The molecule has 2 aromatic rings. The van der Waals surface area contributed by atoms with Crippen LogP contribution in [0.15, 0.2) is 23.0 Å². The molecule has 1 aliphatic rings. The summed E-state index contributed by atoms with van der Waals surface area (Å²) in [6.45, 7) is 7.91. The van der Waals surface area contributed by atoms with Gasteiger partial charge in [0, 0.05) is 41.1 Å². The number of aryl methyl sites for hydroxylation is 2. The molecule has 1 fully saturated rings. The third-order valence-corrected chi connectivity index (χ3v) is 7.26. The van der Waals surface area contributed by atoms with Crippen LogP contribution < -0.4 is 16.2 Å². The summed E-state index contributed by atoms with van der Waals surface area (Å²) in [6, 6.07) is 8.39. The van der Waals surface area contributed by atoms with Crippen LogP contribution in [-0.2, 0) is 6.54 Å². The number of aromatic nitrogens is 1. The molecular weight excluding hydrogens is 426 g/mol. The number of rotatable bonds is 7. The minimum absolute atomic E-state index is 0.130. The van der Waals surface area contributed by atoms with Gasteiger partial charge in [0.25, 0.3) is 11.5 Å². The number of benzene rings is 1. The molecule has 1 saturated carbocycles. The maximum atomic E-state index is 13.1. The SMILES string of the molecule is Cc1cc(C)c(CNC(=O)c2cc(C#N)cc(NC(C)C3CCC(N(C)C)CC3)c2C)c(=O)[nH]1. The fraction of sp³-hybridized carbons (Fsp3) is 0.519. The Morgan fingerprint density at radius 1 is 1.18 bits per heavy atom. The van der Waals surface area contributed by atoms with Crippen LogP contribution in [0.3, 0.4) is 0 Å². The molecule has 1 atom stereocenters. The Morgan fingerprint density at radius 2 is 1.85 bits per heavy atom. The Balaban J connectivity index is 1.75. The highest BCUT2D eigenvalue weighted by molar-refractivity contribution is 5.97. The van der Waals surface area contributed by atoms with Gasteiger partial charge in [0.2, 0.25) is 0 Å². The molecule has 1 aromatic heterocycles. The minimum atomic E-state index is -0.295. The molecule has 7 nitrogen and oxygen atoms in total. The van der Waals surface area contributed by atoms with E-state index >= 15 is 0 Å². The van der Waals surface area contributed by atoms with Crippen molar-refractivity contribution < 1.29 is 4.79 Å². The molecular formula is C27H37N5O2. The van der Waals surface area contributed by atoms with Crippen LogP contribution >= 0.6 is 0 Å². The number of nitrogens with one attached hydrogen (secondary N) is 3. The van der Waals surface area contributed by atoms with E-state index in [-0.39, 0.29) is 24.1 Å². The standard InChI is InChI=1S/C27H37N5O2/c1-16-11-17(2)30-27(34)24(16)15-29-26(33)23-12-20(14-28)13-25(18(23)3)31-19(4)21-7-9-22(10-8-21)32(5)6/h11-13,19,21-22,31H,7-10,15H2,1-6H3,(H,29,33)(H,30,34). The average Bonchev–Trinajstić information content (AvgIpc) is 2.79. The second kappa shape index (κ2) is 10.9. The maximum absolute atomic E-state index is 13.1. The van der Waals surface area contributed by atoms with E-state index in [1.807, 2.05) is 32.9 Å². The van der Waals surface area contributed by atoms with Crippen LogP contribution in [0.2, 0.25) is 0 Å². The van der Waals surface area contributed by atoms with E-state index < -0.39 is 0 Å². The highest BCUT2D eigenvalue weighted by Gasteiger charge is 2.27. The van der Waals surface area contributed by atoms with Crippen LogP contribution in [-0.4, -0.2) is 42.0 Å². The molecule has 1 aromatic carbocycles. The highest BCUT2D eigenvalue weighted by Crippen LogP contribution is 2.31. The number of H-pyrrole nitrogens is 1. The number of hydrogen-bond acceptors (Lipinski definition) is 5. The van der Waals surface area contributed by atoms with Gasteiger partial charge in [0.15, 0.2) is 0 Å². The van der Waals surface area contributed by atoms with E-state index in [9.17, 15) is 14.9 Å². The molecule has 0 saturated heterocycles. The van der Waals surface area contributed by atoms with Gasteiger partial charge in [0.05, 0.1) is 11.6 Å². The number of anilines is 1. The molecule has 0 bridgehead atoms. The van der Waals surface area contributed by atoms with Gasteiger partial charge in [-0.1, -0.05) is 0 Å². The lowest BCUT2D eigenvalue weighted by molar-refractivity contribution is 0.0950. The molecule has 1 heterocycles. The van der Waals surface area contributed by atoms with Crippen molar-refractivity contribution in [3.05, 3.63) is 62.1 Å². The summed E-state index contributed by atoms with van der Waals surface area (Å²) >= 11 is 0. The number of carbonyl (C=O) groups is 1. The van der Waals surface area contributed by atoms with Crippen LogP contribution in [0.1, 0.15) is 70.9 Å². The van der Waals surface area contributed by atoms with Gasteiger partial charge in [-0.15, -0.1) is 0 Å². The Labute approximate surface area is 202 Å². The van der Waals surface area contributed by atoms with Gasteiger partial charge < -0.3 is 20.5 Å². The summed E-state index contributed by atoms with van der Waals surface area (Å²) in [4.78, 5) is 30.5. The van der Waals surface area contributed by atoms with E-state index in [0.29, 0.717) is 28.7 Å². The van der Waals surface area contributed by atoms with Crippen molar-refractivity contribution in [1.29, 1.82) is 5.26 Å². The smallest absolute Gasteiger partial charge is 0.253 e. The zero-order valence-electron chi connectivity index (χ0n) is 21.2. The first-order valence-corrected chi connectivity index (χ1v) is 12.1. The number of nitrogens with zero attached hydrogens (tertiary/aromatic N) is 2. The topological polar surface area (TPSA) is 101 Å². The summed E-state index contributed by atoms with van der Waals surface area (Å²) in [5.41, 5.74) is 4.47. The number of pyridine rings is 1. The molecule has 1 aliphatic carbocycles. The molecule has 1 amide bonds. The van der Waals surface area contributed by atoms with Gasteiger partial charge in [-0.3, -0.25) is 9.59 Å². The summed E-state index contributed by atoms with van der Waals surface area (Å²) < 4.78 is 0. The lowest BCUT2D eigenvalue weighted by Crippen LogP contribution is -2.36. The summed E-state index contributed by atoms with van der Waals surface area (Å²) in [7, 11) is 4.29. The van der Waals surface area contributed by atoms with Crippen LogP contribution in [0.25, 0.3) is 0 Å². The first-order valence-electron chi connectivity index (χ1n) is 12.1. The van der Waals surface area contributed by atoms with Crippen molar-refractivity contribution in [3.63, 3.8) is 0 Å². The van der Waals surface area contributed by atoms with Crippen molar-refractivity contribution in [2.24, 2.45) is 5.92 Å². The predicted molar refractivity (Wildman–Crippen MR) is 136 cm³/mol. The quantitative estimate of drug-likeness (QED) is 0.576. The van der Waals surface area contributed by atoms with Crippen molar-refractivity contribution in [2.45, 2.75) is 72.0 Å². The normalized spacial score (nSPS) is 18.9. The molecule has 1 unspecified atom stereocenters. The third-order valence-electron chi connectivity index (χ3n) is 7.26. The third kappa shape index (κ3) is 5.87. The Morgan fingerprint density at radius 3 is 2.44 bits per heavy atom. The molecule has 0 radical (unpaired) electrons. The first-order chi connectivity index (χ1) is 16.1. The second-order valence-electron chi connectivity index (χ2n) is 9.90. The minimum Gasteiger partial charge on any atom is -0.382 e. The van der Waals surface area contributed by atoms with Crippen molar-refractivity contribution in [1.82, 2.24) is 15.2 Å². The van der Waals surface area contributed by atoms with E-state index in [4.69, 9.17) is 0 Å². The fourth-order valence-corrected chi connectivity index (χ4v) is 5.01. The Kier molecular flexibility index (Phi) is 8.16. The lowest BCUT2D eigenvalue weighted by atomic mass is 9.81. The number of carbonyl (C=O) groups excluding carboxylic acids is 1. The Bertz CT molecular complexity index is 1140. The lowest BCUT2D eigenvalue weighted by Gasteiger charge is -2.36. The molecule has 0 spiro atoms. The van der Waals surface area contributed by atoms with E-state index in [0.717, 1.165) is 35.3 Å². The van der Waals surface area contributed by atoms with Crippen molar-refractivity contribution >= 4 is 11.6 Å². The second-order valence-corrected chi connectivity index (χ2v) is 9.90. The van der Waals surface area contributed by atoms with Crippen LogP contribution in [0.4, 0.5) is 5.69 Å². The zero-order chi connectivity index (χ0) is 25.0. The molecule has 0 aliphatic heterocycles. The molecule has 182 valence electrons. The number of hydrogen-bond donors (Lipinski definition) is 3. The van der Waals surface area contributed by atoms with E-state index in [1.165, 1.54) is 12.8 Å². The molecule has 3 N–H and O–H groups in total. The fourth-order valence-electron chi connectivity index (χ4n) is 5.01. The largest absolute Gasteiger partial charge is 0.382 e. The average molecular weight is 464 g/mol. The number of amides is 1. The van der Waals surface area contributed by atoms with E-state index in [2.05, 4.69) is 47.6 Å². The van der Waals surface area contributed by atoms with Gasteiger partial charge >= 0.3 is 0 Å². The molecule has 34 heavy (non-hydrogen) atoms. The number of nitriles is 1. The molecule has 3 rings (SSSR count). The van der Waals surface area contributed by atoms with Gasteiger partial charge in [0.1, 0.15) is 0 Å². The van der Waals surface area contributed by atoms with Crippen molar-refractivity contribution in [2.75, 3.05) is 19.4 Å². The monoisotopic (exact) mass is 463 g/mol. The summed E-state index contributed by atoms with van der Waals surface area (Å²) in [5.74, 6) is 0.256. The summed E-state index contributed by atoms with van der Waals surface area (Å²) in [6.07, 6.45) is 4.69. The summed E-state index contributed by atoms with van der Waals surface area (Å²) in [5, 5.41) is 16.0. The number of aromatic amines is 1. The molecule has 7 heteroatoms. The van der Waals surface area contributed by atoms with Crippen LogP contribution in [0.5, 0.6) is 0 Å². The zero-order valence-corrected chi connectivity index (χ0v) is 21.2. The van der Waals surface area contributed by atoms with Crippen LogP contribution in [0, 0.1) is 38.0 Å². The van der Waals surface area contributed by atoms with Gasteiger partial charge in [-0.25, -0.2) is 0 Å². The van der Waals surface area contributed by atoms with Crippen molar-refractivity contribution in [3.8, 4) is 6.07 Å². The maximum Gasteiger partial charge on any atom is 0.253 e. The highest BCUT2D eigenvalue weighted by atomic mass is 16.1.